The lowest BCUT2D eigenvalue weighted by molar-refractivity contribution is -0.00805. The van der Waals surface area contributed by atoms with Crippen molar-refractivity contribution in [2.45, 2.75) is 57.5 Å². The van der Waals surface area contributed by atoms with Crippen LogP contribution in [-0.2, 0) is 31.2 Å². The van der Waals surface area contributed by atoms with Gasteiger partial charge in [-0.15, -0.1) is 0 Å². The molecule has 0 bridgehead atoms. The Morgan fingerprint density at radius 3 is 2.37 bits per heavy atom. The number of hydrogen-bond acceptors (Lipinski definition) is 7. The molecule has 2 saturated carbocycles. The normalized spacial score (nSPS) is 33.3. The zero-order chi connectivity index (χ0) is 21.9. The fourth-order valence-electron chi connectivity index (χ4n) is 6.20. The monoisotopic (exact) mass is 460 g/mol. The number of rotatable bonds is 5. The lowest BCUT2D eigenvalue weighted by atomic mass is 9.55. The molecule has 3 aliphatic carbocycles. The van der Waals surface area contributed by atoms with Crippen molar-refractivity contribution in [1.29, 1.82) is 0 Å². The van der Waals surface area contributed by atoms with Crippen molar-refractivity contribution in [2.24, 2.45) is 27.5 Å². The Kier molecular flexibility index (Phi) is 5.33. The van der Waals surface area contributed by atoms with Crippen molar-refractivity contribution in [3.63, 3.8) is 0 Å². The molecule has 11 heteroatoms. The molecule has 0 spiro atoms. The van der Waals surface area contributed by atoms with E-state index in [0.717, 1.165) is 43.2 Å². The maximum absolute atomic E-state index is 11.5. The maximum Gasteiger partial charge on any atom is 0.380 e. The molecule has 4 rings (SSSR count). The molecular formula is C19H28N2O7S2. The highest BCUT2D eigenvalue weighted by Crippen LogP contribution is 2.62. The summed E-state index contributed by atoms with van der Waals surface area (Å²) in [4.78, 5) is 0. The van der Waals surface area contributed by atoms with E-state index in [1.807, 2.05) is 6.07 Å². The van der Waals surface area contributed by atoms with Gasteiger partial charge in [0.1, 0.15) is 0 Å². The molecule has 1 unspecified atom stereocenters. The van der Waals surface area contributed by atoms with Gasteiger partial charge >= 0.3 is 20.6 Å². The molecule has 1 aromatic rings. The van der Waals surface area contributed by atoms with E-state index in [0.29, 0.717) is 24.0 Å². The summed E-state index contributed by atoms with van der Waals surface area (Å²) >= 11 is 0. The summed E-state index contributed by atoms with van der Waals surface area (Å²) in [5, 5.41) is 10.2. The van der Waals surface area contributed by atoms with Gasteiger partial charge in [0.05, 0.1) is 13.2 Å². The summed E-state index contributed by atoms with van der Waals surface area (Å²) in [5.74, 6) is 1.44. The van der Waals surface area contributed by atoms with E-state index in [4.69, 9.17) is 23.4 Å². The molecular weight excluding hydrogens is 432 g/mol. The largest absolute Gasteiger partial charge is 0.493 e. The second kappa shape index (κ2) is 7.33. The smallest absolute Gasteiger partial charge is 0.380 e. The molecule has 9 nitrogen and oxygen atoms in total. The van der Waals surface area contributed by atoms with Gasteiger partial charge in [-0.2, -0.15) is 22.0 Å². The number of hydrogen-bond donors (Lipinski definition) is 2. The Labute approximate surface area is 177 Å². The molecule has 4 N–H and O–H groups in total. The highest BCUT2D eigenvalue weighted by atomic mass is 32.2. The second-order valence-electron chi connectivity index (χ2n) is 8.89. The minimum atomic E-state index is -4.15. The first-order chi connectivity index (χ1) is 13.9. The molecule has 168 valence electrons. The van der Waals surface area contributed by atoms with Crippen LogP contribution in [0.5, 0.6) is 11.5 Å². The molecule has 3 aliphatic rings. The molecule has 0 aliphatic heterocycles. The van der Waals surface area contributed by atoms with Crippen LogP contribution in [0.2, 0.25) is 0 Å². The number of nitrogens with two attached hydrogens (primary N) is 2. The van der Waals surface area contributed by atoms with Crippen LogP contribution in [0, 0.1) is 17.3 Å². The van der Waals surface area contributed by atoms with Crippen LogP contribution in [0.1, 0.15) is 56.1 Å². The molecule has 0 radical (unpaired) electrons. The molecule has 1 aromatic carbocycles. The highest BCUT2D eigenvalue weighted by molar-refractivity contribution is 7.84. The Morgan fingerprint density at radius 2 is 1.73 bits per heavy atom. The van der Waals surface area contributed by atoms with Crippen LogP contribution in [0.4, 0.5) is 0 Å². The van der Waals surface area contributed by atoms with E-state index in [9.17, 15) is 16.8 Å². The standard InChI is InChI=1S/C19H28N2O7S2/c1-19-8-7-12-13(15(19)5-6-18(19)28-30(21,24)25)4-3-11-9-17(27-29(20,22)23)16(26-2)10-14(11)12/h9-10,12-13,15,18H,3-8H2,1-2H3,(H2,20,22,23)(H2,21,24,25)/t12-,13+,15-,18?,19-/m0/s1. The van der Waals surface area contributed by atoms with E-state index < -0.39 is 20.6 Å². The SMILES string of the molecule is COc1cc2c(cc1OS(N)(=O)=O)CC[C@@H]1[C@@H]2CC[C@]2(C)C(OS(N)(=O)=O)CC[C@@H]12. The molecule has 5 atom stereocenters. The third-order valence-electron chi connectivity index (χ3n) is 7.38. The molecule has 0 amide bonds. The van der Waals surface area contributed by atoms with Crippen molar-refractivity contribution < 1.29 is 29.9 Å². The summed E-state index contributed by atoms with van der Waals surface area (Å²) < 4.78 is 61.4. The van der Waals surface area contributed by atoms with Crippen molar-refractivity contribution >= 4 is 20.6 Å². The van der Waals surface area contributed by atoms with Crippen LogP contribution in [0.15, 0.2) is 12.1 Å². The Balaban J connectivity index is 1.65. The molecule has 30 heavy (non-hydrogen) atoms. The summed E-state index contributed by atoms with van der Waals surface area (Å²) in [6.07, 6.45) is 4.61. The van der Waals surface area contributed by atoms with Crippen molar-refractivity contribution in [2.75, 3.05) is 7.11 Å². The lowest BCUT2D eigenvalue weighted by Gasteiger charge is -2.50. The third kappa shape index (κ3) is 3.93. The minimum absolute atomic E-state index is 0.0975. The molecule has 0 heterocycles. The lowest BCUT2D eigenvalue weighted by Crippen LogP contribution is -2.45. The fourth-order valence-corrected chi connectivity index (χ4v) is 7.22. The van der Waals surface area contributed by atoms with E-state index in [1.54, 1.807) is 6.07 Å². The summed E-state index contributed by atoms with van der Waals surface area (Å²) in [6, 6.07) is 3.58. The van der Waals surface area contributed by atoms with E-state index >= 15 is 0 Å². The van der Waals surface area contributed by atoms with Gasteiger partial charge in [-0.1, -0.05) is 6.92 Å². The van der Waals surface area contributed by atoms with Crippen LogP contribution < -0.4 is 19.2 Å². The average Bonchev–Trinajstić information content (AvgIpc) is 2.94. The van der Waals surface area contributed by atoms with Gasteiger partial charge < -0.3 is 8.92 Å². The number of aryl methyl sites for hydroxylation is 1. The molecule has 0 aromatic heterocycles. The average molecular weight is 461 g/mol. The summed E-state index contributed by atoms with van der Waals surface area (Å²) in [6.45, 7) is 2.12. The zero-order valence-corrected chi connectivity index (χ0v) is 18.7. The topological polar surface area (TPSA) is 148 Å². The van der Waals surface area contributed by atoms with Gasteiger partial charge in [0.2, 0.25) is 0 Å². The first kappa shape index (κ1) is 21.8. The zero-order valence-electron chi connectivity index (χ0n) is 17.0. The van der Waals surface area contributed by atoms with E-state index in [1.165, 1.54) is 7.11 Å². The number of ether oxygens (including phenoxy) is 1. The predicted octanol–water partition coefficient (Wildman–Crippen LogP) is 1.72. The number of methoxy groups -OCH3 is 1. The van der Waals surface area contributed by atoms with E-state index in [2.05, 4.69) is 6.92 Å². The van der Waals surface area contributed by atoms with Crippen LogP contribution in [0.25, 0.3) is 0 Å². The maximum atomic E-state index is 11.5. The predicted molar refractivity (Wildman–Crippen MR) is 109 cm³/mol. The van der Waals surface area contributed by atoms with Crippen LogP contribution in [-0.4, -0.2) is 30.0 Å². The third-order valence-corrected chi connectivity index (χ3v) is 8.29. The molecule has 0 saturated heterocycles. The van der Waals surface area contributed by atoms with Gasteiger partial charge in [-0.25, -0.2) is 5.14 Å². The van der Waals surface area contributed by atoms with Crippen molar-refractivity contribution in [1.82, 2.24) is 0 Å². The number of benzene rings is 1. The minimum Gasteiger partial charge on any atom is -0.493 e. The Bertz CT molecular complexity index is 1060. The quantitative estimate of drug-likeness (QED) is 0.679. The summed E-state index contributed by atoms with van der Waals surface area (Å²) in [7, 11) is -6.69. The van der Waals surface area contributed by atoms with Gasteiger partial charge in [0.25, 0.3) is 0 Å². The first-order valence-corrected chi connectivity index (χ1v) is 13.0. The van der Waals surface area contributed by atoms with Gasteiger partial charge in [-0.05, 0) is 85.0 Å². The van der Waals surface area contributed by atoms with E-state index in [-0.39, 0.29) is 23.2 Å². The number of fused-ring (bicyclic) bond motifs is 5. The Morgan fingerprint density at radius 1 is 1.00 bits per heavy atom. The van der Waals surface area contributed by atoms with Crippen molar-refractivity contribution in [3.05, 3.63) is 23.3 Å². The highest BCUT2D eigenvalue weighted by Gasteiger charge is 2.56. The van der Waals surface area contributed by atoms with Gasteiger partial charge in [0.15, 0.2) is 11.5 Å². The van der Waals surface area contributed by atoms with Crippen molar-refractivity contribution in [3.8, 4) is 11.5 Å². The van der Waals surface area contributed by atoms with Crippen LogP contribution in [0.3, 0.4) is 0 Å². The summed E-state index contributed by atoms with van der Waals surface area (Å²) in [5.41, 5.74) is 1.95. The molecule has 2 fully saturated rings. The van der Waals surface area contributed by atoms with Gasteiger partial charge in [-0.3, -0.25) is 4.18 Å². The first-order valence-electron chi connectivity index (χ1n) is 10.1. The Hall–Kier alpha value is -1.40. The van der Waals surface area contributed by atoms with Gasteiger partial charge in [0, 0.05) is 0 Å². The fraction of sp³-hybridized carbons (Fsp3) is 0.684. The van der Waals surface area contributed by atoms with Crippen LogP contribution >= 0.6 is 0 Å². The second-order valence-corrected chi connectivity index (χ2v) is 11.2.